The van der Waals surface area contributed by atoms with Gasteiger partial charge in [0.2, 0.25) is 6.29 Å². The zero-order valence-electron chi connectivity index (χ0n) is 13.3. The van der Waals surface area contributed by atoms with Crippen LogP contribution >= 0.6 is 0 Å². The van der Waals surface area contributed by atoms with Gasteiger partial charge in [-0.05, 0) is 19.8 Å². The summed E-state index contributed by atoms with van der Waals surface area (Å²) in [5, 5.41) is 8.48. The first-order chi connectivity index (χ1) is 10.5. The van der Waals surface area contributed by atoms with Crippen LogP contribution in [0.4, 0.5) is 4.79 Å². The third-order valence-corrected chi connectivity index (χ3v) is 2.84. The van der Waals surface area contributed by atoms with Crippen molar-refractivity contribution in [2.75, 3.05) is 6.61 Å². The lowest BCUT2D eigenvalue weighted by atomic mass is 10.1. The Morgan fingerprint density at radius 3 is 2.00 bits per heavy atom. The number of esters is 1. The number of unbranched alkanes of at least 4 members (excludes halogenated alkanes) is 5. The van der Waals surface area contributed by atoms with Gasteiger partial charge in [0.25, 0.3) is 0 Å². The van der Waals surface area contributed by atoms with Crippen molar-refractivity contribution in [3.63, 3.8) is 0 Å². The van der Waals surface area contributed by atoms with E-state index >= 15 is 0 Å². The van der Waals surface area contributed by atoms with Gasteiger partial charge in [-0.1, -0.05) is 25.7 Å². The van der Waals surface area contributed by atoms with Gasteiger partial charge in [-0.3, -0.25) is 9.59 Å². The Hall–Kier alpha value is -1.79. The van der Waals surface area contributed by atoms with Crippen molar-refractivity contribution >= 4 is 18.1 Å². The van der Waals surface area contributed by atoms with E-state index in [4.69, 9.17) is 14.6 Å². The van der Waals surface area contributed by atoms with Gasteiger partial charge in [0, 0.05) is 19.8 Å². The van der Waals surface area contributed by atoms with Crippen LogP contribution in [0.1, 0.15) is 65.2 Å². The second-order valence-corrected chi connectivity index (χ2v) is 4.87. The van der Waals surface area contributed by atoms with E-state index < -0.39 is 24.4 Å². The highest BCUT2D eigenvalue weighted by atomic mass is 16.8. The van der Waals surface area contributed by atoms with Crippen LogP contribution in [0, 0.1) is 0 Å². The molecule has 7 heteroatoms. The maximum absolute atomic E-state index is 11.5. The highest BCUT2D eigenvalue weighted by Crippen LogP contribution is 2.10. The van der Waals surface area contributed by atoms with E-state index in [1.807, 2.05) is 0 Å². The molecule has 22 heavy (non-hydrogen) atoms. The lowest BCUT2D eigenvalue weighted by molar-refractivity contribution is -0.168. The fraction of sp³-hybridized carbons (Fsp3) is 0.800. The maximum atomic E-state index is 11.5. The maximum Gasteiger partial charge on any atom is 0.511 e. The molecule has 0 saturated carbocycles. The first-order valence-electron chi connectivity index (χ1n) is 7.70. The van der Waals surface area contributed by atoms with E-state index in [0.717, 1.165) is 25.7 Å². The second-order valence-electron chi connectivity index (χ2n) is 4.87. The van der Waals surface area contributed by atoms with Crippen LogP contribution in [-0.4, -0.2) is 36.1 Å². The number of carbonyl (C=O) groups excluding carboxylic acids is 2. The molecule has 0 aromatic heterocycles. The molecule has 1 atom stereocenters. The van der Waals surface area contributed by atoms with Crippen molar-refractivity contribution in [3.8, 4) is 0 Å². The van der Waals surface area contributed by atoms with Crippen LogP contribution in [-0.2, 0) is 23.8 Å². The molecule has 1 N–H and O–H groups in total. The van der Waals surface area contributed by atoms with E-state index in [0.29, 0.717) is 12.8 Å². The summed E-state index contributed by atoms with van der Waals surface area (Å²) >= 11 is 0. The summed E-state index contributed by atoms with van der Waals surface area (Å²) in [7, 11) is 0. The zero-order chi connectivity index (χ0) is 16.8. The van der Waals surface area contributed by atoms with Gasteiger partial charge in [-0.15, -0.1) is 0 Å². The SMILES string of the molecule is CCOC(=O)OC(C)OC(=O)CCCCCCCCC(=O)O. The van der Waals surface area contributed by atoms with E-state index in [9.17, 15) is 14.4 Å². The van der Waals surface area contributed by atoms with Crippen molar-refractivity contribution in [2.45, 2.75) is 71.5 Å². The van der Waals surface area contributed by atoms with Crippen LogP contribution in [0.3, 0.4) is 0 Å². The minimum atomic E-state index is -0.956. The monoisotopic (exact) mass is 318 g/mol. The van der Waals surface area contributed by atoms with Crippen molar-refractivity contribution in [1.82, 2.24) is 0 Å². The molecule has 0 rings (SSSR count). The molecule has 0 fully saturated rings. The Kier molecular flexibility index (Phi) is 11.9. The van der Waals surface area contributed by atoms with Crippen molar-refractivity contribution in [1.29, 1.82) is 0 Å². The van der Waals surface area contributed by atoms with Gasteiger partial charge in [-0.2, -0.15) is 0 Å². The van der Waals surface area contributed by atoms with Gasteiger partial charge in [0.05, 0.1) is 6.61 Å². The third kappa shape index (κ3) is 13.2. The minimum Gasteiger partial charge on any atom is -0.481 e. The molecule has 0 amide bonds. The predicted molar refractivity (Wildman–Crippen MR) is 78.2 cm³/mol. The Morgan fingerprint density at radius 1 is 0.909 bits per heavy atom. The highest BCUT2D eigenvalue weighted by molar-refractivity contribution is 5.69. The largest absolute Gasteiger partial charge is 0.511 e. The molecule has 0 aromatic rings. The fourth-order valence-corrected chi connectivity index (χ4v) is 1.81. The Morgan fingerprint density at radius 2 is 1.45 bits per heavy atom. The topological polar surface area (TPSA) is 99.1 Å². The molecule has 0 radical (unpaired) electrons. The number of hydrogen-bond donors (Lipinski definition) is 1. The van der Waals surface area contributed by atoms with Crippen molar-refractivity contribution in [3.05, 3.63) is 0 Å². The smallest absolute Gasteiger partial charge is 0.481 e. The van der Waals surface area contributed by atoms with Gasteiger partial charge in [0.15, 0.2) is 0 Å². The Balaban J connectivity index is 3.49. The molecule has 0 saturated heterocycles. The summed E-state index contributed by atoms with van der Waals surface area (Å²) in [5.41, 5.74) is 0. The number of carbonyl (C=O) groups is 3. The predicted octanol–water partition coefficient (Wildman–Crippen LogP) is 3.25. The molecule has 0 aliphatic carbocycles. The van der Waals surface area contributed by atoms with Crippen LogP contribution in [0.15, 0.2) is 0 Å². The van der Waals surface area contributed by atoms with Gasteiger partial charge in [-0.25, -0.2) is 4.79 Å². The standard InChI is InChI=1S/C15H26O7/c1-3-20-15(19)22-12(2)21-14(18)11-9-7-5-4-6-8-10-13(16)17/h12H,3-11H2,1-2H3,(H,16,17). The van der Waals surface area contributed by atoms with E-state index in [1.165, 1.54) is 6.92 Å². The normalized spacial score (nSPS) is 11.5. The van der Waals surface area contributed by atoms with Crippen molar-refractivity contribution < 1.29 is 33.7 Å². The summed E-state index contributed by atoms with van der Waals surface area (Å²) in [6.07, 6.45) is 3.76. The summed E-state index contributed by atoms with van der Waals surface area (Å²) in [4.78, 5) is 32.8. The molecule has 1 unspecified atom stereocenters. The summed E-state index contributed by atoms with van der Waals surface area (Å²) in [6.45, 7) is 3.31. The summed E-state index contributed by atoms with van der Waals surface area (Å²) < 4.78 is 14.2. The number of aliphatic carboxylic acids is 1. The number of rotatable bonds is 12. The van der Waals surface area contributed by atoms with Gasteiger partial charge < -0.3 is 19.3 Å². The van der Waals surface area contributed by atoms with Crippen LogP contribution in [0.5, 0.6) is 0 Å². The summed E-state index contributed by atoms with van der Waals surface area (Å²) in [6, 6.07) is 0. The molecule has 0 aliphatic heterocycles. The zero-order valence-corrected chi connectivity index (χ0v) is 13.3. The average molecular weight is 318 g/mol. The number of carboxylic acids is 1. The first kappa shape index (κ1) is 20.2. The molecule has 0 bridgehead atoms. The molecule has 7 nitrogen and oxygen atoms in total. The lowest BCUT2D eigenvalue weighted by Gasteiger charge is -2.13. The van der Waals surface area contributed by atoms with Crippen molar-refractivity contribution in [2.24, 2.45) is 0 Å². The molecule has 0 spiro atoms. The molecule has 0 aromatic carbocycles. The average Bonchev–Trinajstić information content (AvgIpc) is 2.41. The molecular formula is C15H26O7. The minimum absolute atomic E-state index is 0.200. The molecule has 128 valence electrons. The van der Waals surface area contributed by atoms with Crippen LogP contribution in [0.25, 0.3) is 0 Å². The van der Waals surface area contributed by atoms with Gasteiger partial charge >= 0.3 is 18.1 Å². The molecular weight excluding hydrogens is 292 g/mol. The highest BCUT2D eigenvalue weighted by Gasteiger charge is 2.14. The van der Waals surface area contributed by atoms with E-state index in [2.05, 4.69) is 4.74 Å². The lowest BCUT2D eigenvalue weighted by Crippen LogP contribution is -2.22. The summed E-state index contributed by atoms with van der Waals surface area (Å²) in [5.74, 6) is -1.18. The first-order valence-corrected chi connectivity index (χ1v) is 7.70. The molecule has 0 heterocycles. The molecule has 0 aliphatic rings. The Labute approximate surface area is 130 Å². The quantitative estimate of drug-likeness (QED) is 0.335. The van der Waals surface area contributed by atoms with E-state index in [1.54, 1.807) is 6.92 Å². The number of carboxylic acid groups (broad SMARTS) is 1. The van der Waals surface area contributed by atoms with Crippen LogP contribution in [0.2, 0.25) is 0 Å². The number of ether oxygens (including phenoxy) is 3. The fourth-order valence-electron chi connectivity index (χ4n) is 1.81. The van der Waals surface area contributed by atoms with Gasteiger partial charge in [0.1, 0.15) is 0 Å². The van der Waals surface area contributed by atoms with E-state index in [-0.39, 0.29) is 19.4 Å². The van der Waals surface area contributed by atoms with Crippen LogP contribution < -0.4 is 0 Å². The second kappa shape index (κ2) is 12.9. The third-order valence-electron chi connectivity index (χ3n) is 2.84. The number of hydrogen-bond acceptors (Lipinski definition) is 6. The Bertz CT molecular complexity index is 341.